The van der Waals surface area contributed by atoms with Crippen LogP contribution in [-0.2, 0) is 26.1 Å². The van der Waals surface area contributed by atoms with Crippen LogP contribution in [0.1, 0.15) is 68.6 Å². The van der Waals surface area contributed by atoms with Crippen LogP contribution in [0.25, 0.3) is 10.4 Å². The second-order valence-electron chi connectivity index (χ2n) is 13.5. The van der Waals surface area contributed by atoms with E-state index in [0.717, 1.165) is 17.7 Å². The summed E-state index contributed by atoms with van der Waals surface area (Å²) in [5.41, 5.74) is 1.60. The summed E-state index contributed by atoms with van der Waals surface area (Å²) < 4.78 is 34.2. The lowest BCUT2D eigenvalue weighted by atomic mass is 10.0. The minimum atomic E-state index is -3.93. The van der Waals surface area contributed by atoms with Crippen molar-refractivity contribution in [3.8, 4) is 10.4 Å². The van der Waals surface area contributed by atoms with E-state index in [2.05, 4.69) is 15.0 Å². The number of nitrogens with one attached hydrogen (secondary N) is 2. The number of fused-ring (bicyclic) bond motifs is 1. The molecule has 3 amide bonds. The first kappa shape index (κ1) is 33.8. The van der Waals surface area contributed by atoms with Gasteiger partial charge in [-0.2, -0.15) is 0 Å². The first-order valence-electron chi connectivity index (χ1n) is 16.1. The van der Waals surface area contributed by atoms with Gasteiger partial charge in [-0.05, 0) is 102 Å². The number of ether oxygens (including phenoxy) is 1. The van der Waals surface area contributed by atoms with Crippen molar-refractivity contribution in [1.29, 1.82) is 0 Å². The number of sulfonamides is 1. The van der Waals surface area contributed by atoms with Gasteiger partial charge in [0.25, 0.3) is 5.91 Å². The summed E-state index contributed by atoms with van der Waals surface area (Å²) in [6, 6.07) is 8.79. The Morgan fingerprint density at radius 3 is 2.54 bits per heavy atom. The summed E-state index contributed by atoms with van der Waals surface area (Å²) in [4.78, 5) is 54.2. The zero-order valence-electron chi connectivity index (χ0n) is 28.0. The number of hydrogen-bond acceptors (Lipinski definition) is 10. The summed E-state index contributed by atoms with van der Waals surface area (Å²) in [7, 11) is -2.59. The van der Waals surface area contributed by atoms with Crippen molar-refractivity contribution in [2.45, 2.75) is 77.0 Å². The minimum absolute atomic E-state index is 0.0305. The van der Waals surface area contributed by atoms with Crippen LogP contribution >= 0.6 is 11.3 Å². The minimum Gasteiger partial charge on any atom is -0.444 e. The highest BCUT2D eigenvalue weighted by Gasteiger charge is 2.41. The topological polar surface area (TPSA) is 154 Å². The standard InChI is InChI=1S/C33H41N7O6S2/c1-19-29(22-15-23-17-40(20(2)21-11-12-21)30(42)28(23)24(16-22)48(44,45)34-6)47-31(35-19)37-25-9-7-10-26(36-25)39-14-8-13-38(18-27(39)41)32(43)46-33(3,4)5/h7,9-10,15-16,20-21,34H,8,11-14,17-18H2,1-6H3,(H,35,36,37). The third-order valence-corrected chi connectivity index (χ3v) is 11.3. The molecule has 4 heterocycles. The number of aryl methyl sites for hydroxylation is 1. The van der Waals surface area contributed by atoms with E-state index >= 15 is 0 Å². The van der Waals surface area contributed by atoms with Crippen LogP contribution in [-0.4, -0.2) is 84.4 Å². The molecule has 48 heavy (non-hydrogen) atoms. The number of amides is 3. The van der Waals surface area contributed by atoms with Crippen LogP contribution in [0.4, 0.5) is 21.6 Å². The van der Waals surface area contributed by atoms with E-state index in [1.165, 1.54) is 23.3 Å². The third-order valence-electron chi connectivity index (χ3n) is 8.75. The summed E-state index contributed by atoms with van der Waals surface area (Å²) in [5, 5.41) is 3.77. The smallest absolute Gasteiger partial charge is 0.410 e. The zero-order chi connectivity index (χ0) is 34.5. The maximum absolute atomic E-state index is 13.5. The van der Waals surface area contributed by atoms with Crippen LogP contribution in [0.3, 0.4) is 0 Å². The number of pyridine rings is 1. The molecule has 2 aromatic heterocycles. The number of aromatic nitrogens is 2. The van der Waals surface area contributed by atoms with Gasteiger partial charge in [-0.1, -0.05) is 17.4 Å². The molecule has 1 saturated heterocycles. The van der Waals surface area contributed by atoms with Gasteiger partial charge in [0.1, 0.15) is 23.8 Å². The molecule has 3 aromatic rings. The Hall–Kier alpha value is -4.08. The van der Waals surface area contributed by atoms with Crippen molar-refractivity contribution < 1.29 is 27.5 Å². The number of anilines is 3. The van der Waals surface area contributed by atoms with Gasteiger partial charge in [-0.15, -0.1) is 0 Å². The van der Waals surface area contributed by atoms with Gasteiger partial charge >= 0.3 is 6.09 Å². The summed E-state index contributed by atoms with van der Waals surface area (Å²) in [5.74, 6) is 0.847. The number of thiazole rings is 1. The normalized spacial score (nSPS) is 17.8. The van der Waals surface area contributed by atoms with Crippen molar-refractivity contribution in [3.63, 3.8) is 0 Å². The Morgan fingerprint density at radius 1 is 1.10 bits per heavy atom. The Bertz CT molecular complexity index is 1880. The van der Waals surface area contributed by atoms with Gasteiger partial charge < -0.3 is 15.0 Å². The predicted molar refractivity (Wildman–Crippen MR) is 183 cm³/mol. The second kappa shape index (κ2) is 12.7. The molecule has 1 aromatic carbocycles. The molecule has 0 spiro atoms. The molecule has 1 saturated carbocycles. The molecule has 6 rings (SSSR count). The maximum atomic E-state index is 13.5. The van der Waals surface area contributed by atoms with E-state index in [0.29, 0.717) is 65.6 Å². The average Bonchev–Trinajstić information content (AvgIpc) is 3.77. The van der Waals surface area contributed by atoms with Gasteiger partial charge in [0, 0.05) is 25.7 Å². The molecule has 1 aliphatic carbocycles. The van der Waals surface area contributed by atoms with Crippen LogP contribution < -0.4 is 14.9 Å². The number of carbonyl (C=O) groups is 3. The number of rotatable bonds is 8. The highest BCUT2D eigenvalue weighted by molar-refractivity contribution is 7.89. The lowest BCUT2D eigenvalue weighted by Gasteiger charge is -2.26. The number of benzene rings is 1. The summed E-state index contributed by atoms with van der Waals surface area (Å²) in [6.45, 7) is 10.3. The molecule has 2 N–H and O–H groups in total. The van der Waals surface area contributed by atoms with Crippen molar-refractivity contribution in [3.05, 3.63) is 47.2 Å². The molecular weight excluding hydrogens is 655 g/mol. The molecule has 0 radical (unpaired) electrons. The van der Waals surface area contributed by atoms with Crippen molar-refractivity contribution >= 4 is 56.0 Å². The Morgan fingerprint density at radius 2 is 1.85 bits per heavy atom. The first-order valence-corrected chi connectivity index (χ1v) is 18.4. The third kappa shape index (κ3) is 6.89. The van der Waals surface area contributed by atoms with E-state index in [4.69, 9.17) is 9.72 Å². The van der Waals surface area contributed by atoms with E-state index in [1.54, 1.807) is 54.8 Å². The van der Waals surface area contributed by atoms with Crippen LogP contribution in [0, 0.1) is 12.8 Å². The Labute approximate surface area is 284 Å². The molecule has 3 aliphatic rings. The Balaban J connectivity index is 1.24. The fraction of sp³-hybridized carbons (Fsp3) is 0.485. The molecule has 256 valence electrons. The van der Waals surface area contributed by atoms with Crippen molar-refractivity contribution in [2.24, 2.45) is 5.92 Å². The van der Waals surface area contributed by atoms with Gasteiger partial charge in [0.05, 0.1) is 21.0 Å². The number of nitrogens with zero attached hydrogens (tertiary/aromatic N) is 5. The van der Waals surface area contributed by atoms with Crippen LogP contribution in [0.2, 0.25) is 0 Å². The quantitative estimate of drug-likeness (QED) is 0.335. The van der Waals surface area contributed by atoms with Gasteiger partial charge in [-0.25, -0.2) is 27.9 Å². The van der Waals surface area contributed by atoms with Crippen molar-refractivity contribution in [2.75, 3.05) is 36.9 Å². The molecule has 0 bridgehead atoms. The molecule has 15 heteroatoms. The molecule has 2 fully saturated rings. The largest absolute Gasteiger partial charge is 0.444 e. The van der Waals surface area contributed by atoms with Crippen LogP contribution in [0.15, 0.2) is 35.2 Å². The van der Waals surface area contributed by atoms with Crippen molar-refractivity contribution in [1.82, 2.24) is 24.5 Å². The molecule has 1 unspecified atom stereocenters. The van der Waals surface area contributed by atoms with Gasteiger partial charge in [0.2, 0.25) is 15.9 Å². The monoisotopic (exact) mass is 695 g/mol. The number of carbonyl (C=O) groups excluding carboxylic acids is 3. The van der Waals surface area contributed by atoms with Gasteiger partial charge in [-0.3, -0.25) is 19.4 Å². The van der Waals surface area contributed by atoms with E-state index in [-0.39, 0.29) is 34.9 Å². The summed E-state index contributed by atoms with van der Waals surface area (Å²) >= 11 is 1.34. The molecule has 13 nitrogen and oxygen atoms in total. The highest BCUT2D eigenvalue weighted by atomic mass is 32.2. The van der Waals surface area contributed by atoms with Crippen LogP contribution in [0.5, 0.6) is 0 Å². The Kier molecular flexibility index (Phi) is 8.98. The fourth-order valence-electron chi connectivity index (χ4n) is 6.12. The van der Waals surface area contributed by atoms with Gasteiger partial charge in [0.15, 0.2) is 5.13 Å². The first-order chi connectivity index (χ1) is 22.6. The lowest BCUT2D eigenvalue weighted by molar-refractivity contribution is -0.119. The summed E-state index contributed by atoms with van der Waals surface area (Å²) in [6.07, 6.45) is 2.19. The fourth-order valence-corrected chi connectivity index (χ4v) is 8.07. The van der Waals surface area contributed by atoms with E-state index in [1.807, 2.05) is 19.9 Å². The SMILES string of the molecule is CNS(=O)(=O)c1cc(-c2sc(Nc3cccc(N4CCCN(C(=O)OC(C)(C)C)CC4=O)n3)nc2C)cc2c1C(=O)N(C(C)C1CC1)C2. The van der Waals surface area contributed by atoms with E-state index < -0.39 is 21.7 Å². The lowest BCUT2D eigenvalue weighted by Crippen LogP contribution is -2.42. The highest BCUT2D eigenvalue weighted by Crippen LogP contribution is 2.42. The average molecular weight is 696 g/mol. The predicted octanol–water partition coefficient (Wildman–Crippen LogP) is 4.89. The molecule has 2 aliphatic heterocycles. The zero-order valence-corrected chi connectivity index (χ0v) is 29.6. The molecular formula is C33H41N7O6S2. The second-order valence-corrected chi connectivity index (χ2v) is 16.3. The molecule has 1 atom stereocenters. The van der Waals surface area contributed by atoms with E-state index in [9.17, 15) is 22.8 Å². The maximum Gasteiger partial charge on any atom is 0.410 e. The number of hydrogen-bond donors (Lipinski definition) is 2.